The van der Waals surface area contributed by atoms with Crippen LogP contribution in [0.5, 0.6) is 0 Å². The highest BCUT2D eigenvalue weighted by atomic mass is 35.5. The van der Waals surface area contributed by atoms with Crippen molar-refractivity contribution in [2.75, 3.05) is 14.2 Å². The first-order valence-corrected chi connectivity index (χ1v) is 5.71. The second-order valence-corrected chi connectivity index (χ2v) is 4.53. The summed E-state index contributed by atoms with van der Waals surface area (Å²) in [5.74, 6) is 0.587. The van der Waals surface area contributed by atoms with E-state index in [9.17, 15) is 4.79 Å². The summed E-state index contributed by atoms with van der Waals surface area (Å²) in [4.78, 5) is 13.8. The van der Waals surface area contributed by atoms with E-state index in [1.54, 1.807) is 26.0 Å². The summed E-state index contributed by atoms with van der Waals surface area (Å²) in [6.45, 7) is 2.39. The highest BCUT2D eigenvalue weighted by Crippen LogP contribution is 2.32. The van der Waals surface area contributed by atoms with E-state index in [0.29, 0.717) is 22.9 Å². The quantitative estimate of drug-likeness (QED) is 0.567. The Hall–Kier alpha value is -1.48. The Kier molecular flexibility index (Phi) is 3.11. The Morgan fingerprint density at radius 2 is 2.18 bits per heavy atom. The zero-order valence-corrected chi connectivity index (χ0v) is 10.8. The number of amides is 1. The van der Waals surface area contributed by atoms with Gasteiger partial charge in [-0.25, -0.2) is 0 Å². The fraction of sp³-hybridized carbons (Fsp3) is 0.308. The summed E-state index contributed by atoms with van der Waals surface area (Å²) in [7, 11) is 3.34. The molecule has 0 N–H and O–H groups in total. The monoisotopic (exact) mass is 251 g/mol. The summed E-state index contributed by atoms with van der Waals surface area (Å²) in [5.41, 5.74) is 2.56. The second-order valence-electron chi connectivity index (χ2n) is 4.10. The van der Waals surface area contributed by atoms with E-state index in [1.165, 1.54) is 0 Å². The van der Waals surface area contributed by atoms with Gasteiger partial charge in [-0.3, -0.25) is 4.79 Å². The van der Waals surface area contributed by atoms with Crippen molar-refractivity contribution in [2.24, 2.45) is 0 Å². The molecule has 0 aliphatic carbocycles. The van der Waals surface area contributed by atoms with Crippen LogP contribution >= 0.6 is 11.6 Å². The molecule has 2 rings (SSSR count). The number of fused-ring (bicyclic) bond motifs is 1. The lowest BCUT2D eigenvalue weighted by molar-refractivity contribution is -0.124. The van der Waals surface area contributed by atoms with E-state index >= 15 is 0 Å². The molecule has 0 spiro atoms. The highest BCUT2D eigenvalue weighted by molar-refractivity contribution is 6.31. The lowest BCUT2D eigenvalue weighted by Gasteiger charge is -2.28. The van der Waals surface area contributed by atoms with Crippen molar-refractivity contribution in [1.82, 2.24) is 4.90 Å². The molecule has 0 saturated heterocycles. The second kappa shape index (κ2) is 4.41. The van der Waals surface area contributed by atoms with Gasteiger partial charge in [0.15, 0.2) is 0 Å². The van der Waals surface area contributed by atoms with Crippen LogP contribution in [0.3, 0.4) is 0 Å². The number of nitrogens with zero attached hydrogens (tertiary/aromatic N) is 1. The predicted octanol–water partition coefficient (Wildman–Crippen LogP) is 2.69. The van der Waals surface area contributed by atoms with Crippen molar-refractivity contribution in [3.8, 4) is 0 Å². The average molecular weight is 252 g/mol. The normalized spacial score (nSPS) is 17.9. The maximum absolute atomic E-state index is 12.1. The average Bonchev–Trinajstić information content (AvgIpc) is 2.31. The van der Waals surface area contributed by atoms with Gasteiger partial charge in [0.2, 0.25) is 0 Å². The summed E-state index contributed by atoms with van der Waals surface area (Å²) in [5, 5.41) is 0.627. The smallest absolute Gasteiger partial charge is 0.257 e. The molecule has 1 aromatic carbocycles. The van der Waals surface area contributed by atoms with Gasteiger partial charge in [0, 0.05) is 18.6 Å². The predicted molar refractivity (Wildman–Crippen MR) is 67.5 cm³/mol. The van der Waals surface area contributed by atoms with Crippen molar-refractivity contribution in [1.29, 1.82) is 0 Å². The van der Waals surface area contributed by atoms with Crippen LogP contribution in [0, 0.1) is 0 Å². The van der Waals surface area contributed by atoms with E-state index in [0.717, 1.165) is 11.1 Å². The van der Waals surface area contributed by atoms with E-state index < -0.39 is 0 Å². The topological polar surface area (TPSA) is 29.5 Å². The SMILES string of the molecule is CO/C(C)=C1/C(=O)N(C)Cc2ccc(Cl)cc21. The molecule has 0 bridgehead atoms. The van der Waals surface area contributed by atoms with Gasteiger partial charge in [-0.1, -0.05) is 17.7 Å². The summed E-state index contributed by atoms with van der Waals surface area (Å²) in [6, 6.07) is 5.60. The molecule has 0 radical (unpaired) electrons. The van der Waals surface area contributed by atoms with E-state index in [1.807, 2.05) is 18.2 Å². The third-order valence-electron chi connectivity index (χ3n) is 2.97. The van der Waals surface area contributed by atoms with Crippen molar-refractivity contribution in [3.63, 3.8) is 0 Å². The number of allylic oxidation sites excluding steroid dienone is 1. The van der Waals surface area contributed by atoms with Gasteiger partial charge in [0.25, 0.3) is 5.91 Å². The Labute approximate surface area is 106 Å². The molecule has 0 fully saturated rings. The number of carbonyl (C=O) groups is 1. The van der Waals surface area contributed by atoms with Crippen molar-refractivity contribution >= 4 is 23.1 Å². The van der Waals surface area contributed by atoms with Crippen LogP contribution in [-0.2, 0) is 16.1 Å². The van der Waals surface area contributed by atoms with Crippen LogP contribution in [0.1, 0.15) is 18.1 Å². The van der Waals surface area contributed by atoms with E-state index in [2.05, 4.69) is 0 Å². The largest absolute Gasteiger partial charge is 0.501 e. The number of benzene rings is 1. The third-order valence-corrected chi connectivity index (χ3v) is 3.20. The van der Waals surface area contributed by atoms with Crippen molar-refractivity contribution < 1.29 is 9.53 Å². The van der Waals surface area contributed by atoms with Crippen LogP contribution in [0.2, 0.25) is 5.02 Å². The van der Waals surface area contributed by atoms with Crippen molar-refractivity contribution in [2.45, 2.75) is 13.5 Å². The van der Waals surface area contributed by atoms with Crippen LogP contribution in [0.4, 0.5) is 0 Å². The standard InChI is InChI=1S/C13H14ClNO2/c1-8(17-3)12-11-6-10(14)5-4-9(11)7-15(2)13(12)16/h4-6H,7H2,1-3H3/b12-8+. The Morgan fingerprint density at radius 1 is 1.47 bits per heavy atom. The molecule has 3 nitrogen and oxygen atoms in total. The van der Waals surface area contributed by atoms with Crippen LogP contribution in [-0.4, -0.2) is 25.0 Å². The molecule has 1 aliphatic heterocycles. The summed E-state index contributed by atoms with van der Waals surface area (Å²) >= 11 is 5.99. The molecule has 1 aliphatic rings. The minimum absolute atomic E-state index is 0.0286. The first kappa shape index (κ1) is 12.0. The number of hydrogen-bond acceptors (Lipinski definition) is 2. The van der Waals surface area contributed by atoms with Gasteiger partial charge in [0.05, 0.1) is 12.7 Å². The summed E-state index contributed by atoms with van der Waals surface area (Å²) in [6.07, 6.45) is 0. The zero-order valence-electron chi connectivity index (χ0n) is 10.1. The van der Waals surface area contributed by atoms with Gasteiger partial charge >= 0.3 is 0 Å². The molecular weight excluding hydrogens is 238 g/mol. The van der Waals surface area contributed by atoms with Crippen LogP contribution in [0.25, 0.3) is 5.57 Å². The molecule has 1 amide bonds. The Balaban J connectivity index is 2.67. The minimum Gasteiger partial charge on any atom is -0.501 e. The number of likely N-dealkylation sites (N-methyl/N-ethyl adjacent to an activating group) is 1. The molecule has 0 saturated carbocycles. The lowest BCUT2D eigenvalue weighted by atomic mass is 9.94. The molecular formula is C13H14ClNO2. The van der Waals surface area contributed by atoms with E-state index in [4.69, 9.17) is 16.3 Å². The molecule has 17 heavy (non-hydrogen) atoms. The van der Waals surface area contributed by atoms with Gasteiger partial charge < -0.3 is 9.64 Å². The number of halogens is 1. The molecule has 0 aromatic heterocycles. The molecule has 1 aromatic rings. The first-order valence-electron chi connectivity index (χ1n) is 5.33. The molecule has 0 atom stereocenters. The fourth-order valence-electron chi connectivity index (χ4n) is 1.99. The van der Waals surface area contributed by atoms with E-state index in [-0.39, 0.29) is 5.91 Å². The number of ether oxygens (including phenoxy) is 1. The fourth-order valence-corrected chi connectivity index (χ4v) is 2.17. The maximum Gasteiger partial charge on any atom is 0.257 e. The Bertz CT molecular complexity index is 508. The minimum atomic E-state index is -0.0286. The van der Waals surface area contributed by atoms with Crippen LogP contribution < -0.4 is 0 Å². The van der Waals surface area contributed by atoms with Gasteiger partial charge in [-0.2, -0.15) is 0 Å². The number of hydrogen-bond donors (Lipinski definition) is 0. The maximum atomic E-state index is 12.1. The molecule has 4 heteroatoms. The van der Waals surface area contributed by atoms with Crippen molar-refractivity contribution in [3.05, 3.63) is 40.1 Å². The van der Waals surface area contributed by atoms with Gasteiger partial charge in [-0.05, 0) is 30.2 Å². The molecule has 0 unspecified atom stereocenters. The van der Waals surface area contributed by atoms with Gasteiger partial charge in [-0.15, -0.1) is 0 Å². The van der Waals surface area contributed by atoms with Crippen LogP contribution in [0.15, 0.2) is 24.0 Å². The molecule has 1 heterocycles. The number of carbonyl (C=O) groups excluding carboxylic acids is 1. The first-order chi connectivity index (χ1) is 8.04. The zero-order chi connectivity index (χ0) is 12.6. The van der Waals surface area contributed by atoms with Gasteiger partial charge in [0.1, 0.15) is 5.76 Å². The summed E-state index contributed by atoms with van der Waals surface area (Å²) < 4.78 is 5.19. The molecule has 90 valence electrons. The Morgan fingerprint density at radius 3 is 2.82 bits per heavy atom. The number of methoxy groups -OCH3 is 1. The number of rotatable bonds is 1. The highest BCUT2D eigenvalue weighted by Gasteiger charge is 2.28. The third kappa shape index (κ3) is 2.03. The lowest BCUT2D eigenvalue weighted by Crippen LogP contribution is -2.32.